The zero-order valence-electron chi connectivity index (χ0n) is 15.6. The number of nitrogens with zero attached hydrogens (tertiary/aromatic N) is 1. The van der Waals surface area contributed by atoms with Crippen LogP contribution in [0.2, 0.25) is 0 Å². The Kier molecular flexibility index (Phi) is 9.15. The first-order valence-electron chi connectivity index (χ1n) is 9.07. The molecule has 1 saturated heterocycles. The maximum atomic E-state index is 12.4. The maximum absolute atomic E-state index is 12.4. The molecule has 1 atom stereocenters. The summed E-state index contributed by atoms with van der Waals surface area (Å²) in [4.78, 5) is 26.6. The van der Waals surface area contributed by atoms with Crippen LogP contribution in [0, 0.1) is 5.92 Å². The fourth-order valence-electron chi connectivity index (χ4n) is 3.42. The summed E-state index contributed by atoms with van der Waals surface area (Å²) in [5.41, 5.74) is 1.97. The molecule has 25 heavy (non-hydrogen) atoms. The summed E-state index contributed by atoms with van der Waals surface area (Å²) < 4.78 is 0. The molecule has 1 unspecified atom stereocenters. The van der Waals surface area contributed by atoms with Crippen molar-refractivity contribution < 1.29 is 9.59 Å². The van der Waals surface area contributed by atoms with Crippen LogP contribution in [-0.4, -0.2) is 42.8 Å². The number of carbonyl (C=O) groups excluding carboxylic acids is 2. The van der Waals surface area contributed by atoms with Gasteiger partial charge in [-0.25, -0.2) is 0 Å². The molecule has 1 aromatic rings. The van der Waals surface area contributed by atoms with Crippen LogP contribution in [0.5, 0.6) is 0 Å². The monoisotopic (exact) mass is 366 g/mol. The van der Waals surface area contributed by atoms with Gasteiger partial charge in [0.05, 0.1) is 0 Å². The number of carbonyl (C=O) groups is 2. The second kappa shape index (κ2) is 10.6. The molecule has 1 N–H and O–H groups in total. The van der Waals surface area contributed by atoms with E-state index < -0.39 is 0 Å². The van der Waals surface area contributed by atoms with Crippen molar-refractivity contribution in [3.05, 3.63) is 35.4 Å². The number of ketones is 1. The average Bonchev–Trinajstić information content (AvgIpc) is 3.01. The fraction of sp³-hybridized carbons (Fsp3) is 0.600. The van der Waals surface area contributed by atoms with Crippen molar-refractivity contribution in [2.24, 2.45) is 5.92 Å². The van der Waals surface area contributed by atoms with Crippen LogP contribution in [0.15, 0.2) is 24.3 Å². The van der Waals surface area contributed by atoms with Crippen LogP contribution in [0.25, 0.3) is 0 Å². The Bertz CT molecular complexity index is 557. The molecule has 1 aliphatic heterocycles. The molecule has 140 valence electrons. The Hall–Kier alpha value is -1.39. The Balaban J connectivity index is 0.00000312. The lowest BCUT2D eigenvalue weighted by Crippen LogP contribution is -2.40. The molecule has 1 aliphatic rings. The van der Waals surface area contributed by atoms with Gasteiger partial charge in [-0.3, -0.25) is 9.59 Å². The molecule has 1 amide bonds. The van der Waals surface area contributed by atoms with Crippen LogP contribution in [0.1, 0.15) is 55.5 Å². The molecule has 4 nitrogen and oxygen atoms in total. The van der Waals surface area contributed by atoms with Gasteiger partial charge in [-0.15, -0.1) is 12.4 Å². The van der Waals surface area contributed by atoms with Gasteiger partial charge in [-0.1, -0.05) is 38.1 Å². The third kappa shape index (κ3) is 6.44. The standard InChI is InChI=1S/C20H30N2O2.ClH/c1-15(2)13-16-6-8-17(9-7-16)19(23)10-11-20(24)22-12-4-5-18(22)14-21-3;/h6-9,15,18,21H,4-5,10-14H2,1-3H3;1H. The topological polar surface area (TPSA) is 49.4 Å². The summed E-state index contributed by atoms with van der Waals surface area (Å²) in [6.07, 6.45) is 3.74. The zero-order valence-corrected chi connectivity index (χ0v) is 16.4. The van der Waals surface area contributed by atoms with Crippen LogP contribution in [-0.2, 0) is 11.2 Å². The Morgan fingerprint density at radius 3 is 2.48 bits per heavy atom. The van der Waals surface area contributed by atoms with E-state index in [1.807, 2.05) is 36.2 Å². The van der Waals surface area contributed by atoms with E-state index in [9.17, 15) is 9.59 Å². The Morgan fingerprint density at radius 1 is 1.20 bits per heavy atom. The van der Waals surface area contributed by atoms with Gasteiger partial charge in [0.25, 0.3) is 0 Å². The van der Waals surface area contributed by atoms with Gasteiger partial charge in [-0.05, 0) is 37.8 Å². The third-order valence-corrected chi connectivity index (χ3v) is 4.62. The Morgan fingerprint density at radius 2 is 1.88 bits per heavy atom. The molecule has 2 rings (SSSR count). The smallest absolute Gasteiger partial charge is 0.223 e. The van der Waals surface area contributed by atoms with E-state index in [1.165, 1.54) is 5.56 Å². The molecule has 0 radical (unpaired) electrons. The first kappa shape index (κ1) is 21.7. The van der Waals surface area contributed by atoms with Crippen LogP contribution in [0.3, 0.4) is 0 Å². The molecule has 0 aliphatic carbocycles. The minimum atomic E-state index is 0. The number of benzene rings is 1. The van der Waals surface area contributed by atoms with E-state index in [-0.39, 0.29) is 30.1 Å². The minimum Gasteiger partial charge on any atom is -0.338 e. The van der Waals surface area contributed by atoms with Crippen molar-refractivity contribution in [2.75, 3.05) is 20.1 Å². The number of nitrogens with one attached hydrogen (secondary N) is 1. The van der Waals surface area contributed by atoms with Crippen molar-refractivity contribution in [1.82, 2.24) is 10.2 Å². The number of hydrogen-bond acceptors (Lipinski definition) is 3. The summed E-state index contributed by atoms with van der Waals surface area (Å²) in [7, 11) is 1.91. The molecule has 0 saturated carbocycles. The first-order chi connectivity index (χ1) is 11.5. The predicted molar refractivity (Wildman–Crippen MR) is 104 cm³/mol. The summed E-state index contributed by atoms with van der Waals surface area (Å²) in [6.45, 7) is 6.02. The molecule has 1 fully saturated rings. The van der Waals surface area contributed by atoms with Crippen molar-refractivity contribution in [2.45, 2.75) is 52.0 Å². The molecule has 1 aromatic carbocycles. The van der Waals surface area contributed by atoms with Crippen molar-refractivity contribution in [3.63, 3.8) is 0 Å². The van der Waals surface area contributed by atoms with Gasteiger partial charge in [0.1, 0.15) is 0 Å². The summed E-state index contributed by atoms with van der Waals surface area (Å²) in [6, 6.07) is 8.12. The fourth-order valence-corrected chi connectivity index (χ4v) is 3.42. The summed E-state index contributed by atoms with van der Waals surface area (Å²) >= 11 is 0. The number of Topliss-reactive ketones (excluding diaryl/α,β-unsaturated/α-hetero) is 1. The van der Waals surface area contributed by atoms with Crippen molar-refractivity contribution in [1.29, 1.82) is 0 Å². The van der Waals surface area contributed by atoms with Gasteiger partial charge < -0.3 is 10.2 Å². The highest BCUT2D eigenvalue weighted by molar-refractivity contribution is 5.98. The molecule has 0 bridgehead atoms. The maximum Gasteiger partial charge on any atom is 0.223 e. The third-order valence-electron chi connectivity index (χ3n) is 4.62. The molecule has 0 aromatic heterocycles. The van der Waals surface area contributed by atoms with E-state index in [1.54, 1.807) is 0 Å². The SMILES string of the molecule is CNCC1CCCN1C(=O)CCC(=O)c1ccc(CC(C)C)cc1.Cl. The van der Waals surface area contributed by atoms with Gasteiger partial charge in [0, 0.05) is 37.5 Å². The van der Waals surface area contributed by atoms with E-state index in [4.69, 9.17) is 0 Å². The number of halogens is 1. The van der Waals surface area contributed by atoms with E-state index in [0.717, 1.165) is 32.4 Å². The summed E-state index contributed by atoms with van der Waals surface area (Å²) in [5, 5.41) is 3.14. The molecule has 0 spiro atoms. The predicted octanol–water partition coefficient (Wildman–Crippen LogP) is 3.48. The van der Waals surface area contributed by atoms with Crippen molar-refractivity contribution >= 4 is 24.1 Å². The highest BCUT2D eigenvalue weighted by Crippen LogP contribution is 2.19. The number of likely N-dealkylation sites (tertiary alicyclic amines) is 1. The zero-order chi connectivity index (χ0) is 17.5. The lowest BCUT2D eigenvalue weighted by Gasteiger charge is -2.24. The Labute approximate surface area is 157 Å². The first-order valence-corrected chi connectivity index (χ1v) is 9.07. The lowest BCUT2D eigenvalue weighted by atomic mass is 9.99. The second-order valence-corrected chi connectivity index (χ2v) is 7.16. The van der Waals surface area contributed by atoms with Crippen molar-refractivity contribution in [3.8, 4) is 0 Å². The van der Waals surface area contributed by atoms with Gasteiger partial charge >= 0.3 is 0 Å². The highest BCUT2D eigenvalue weighted by Gasteiger charge is 2.27. The summed E-state index contributed by atoms with van der Waals surface area (Å²) in [5.74, 6) is 0.775. The number of amides is 1. The number of hydrogen-bond donors (Lipinski definition) is 1. The largest absolute Gasteiger partial charge is 0.338 e. The van der Waals surface area contributed by atoms with Crippen LogP contribution in [0.4, 0.5) is 0 Å². The van der Waals surface area contributed by atoms with E-state index in [2.05, 4.69) is 19.2 Å². The normalized spacial score (nSPS) is 16.8. The van der Waals surface area contributed by atoms with Crippen LogP contribution < -0.4 is 5.32 Å². The molecular formula is C20H31ClN2O2. The van der Waals surface area contributed by atoms with E-state index >= 15 is 0 Å². The van der Waals surface area contributed by atoms with E-state index in [0.29, 0.717) is 24.3 Å². The number of rotatable bonds is 8. The van der Waals surface area contributed by atoms with Gasteiger partial charge in [-0.2, -0.15) is 0 Å². The van der Waals surface area contributed by atoms with Crippen LogP contribution >= 0.6 is 12.4 Å². The minimum absolute atomic E-state index is 0. The lowest BCUT2D eigenvalue weighted by molar-refractivity contribution is -0.131. The second-order valence-electron chi connectivity index (χ2n) is 7.16. The molecular weight excluding hydrogens is 336 g/mol. The van der Waals surface area contributed by atoms with Gasteiger partial charge in [0.15, 0.2) is 5.78 Å². The molecule has 1 heterocycles. The number of likely N-dealkylation sites (N-methyl/N-ethyl adjacent to an activating group) is 1. The average molecular weight is 367 g/mol. The molecule has 5 heteroatoms. The quantitative estimate of drug-likeness (QED) is 0.716. The highest BCUT2D eigenvalue weighted by atomic mass is 35.5. The van der Waals surface area contributed by atoms with Gasteiger partial charge in [0.2, 0.25) is 5.91 Å².